The molecule has 0 saturated carbocycles. The van der Waals surface area contributed by atoms with Crippen LogP contribution in [-0.2, 0) is 11.4 Å². The Bertz CT molecular complexity index is 796. The maximum Gasteiger partial charge on any atom is 0.293 e. The van der Waals surface area contributed by atoms with E-state index < -0.39 is 5.91 Å². The van der Waals surface area contributed by atoms with Crippen LogP contribution < -0.4 is 10.2 Å². The third-order valence-electron chi connectivity index (χ3n) is 3.64. The summed E-state index contributed by atoms with van der Waals surface area (Å²) >= 11 is 0. The normalized spacial score (nSPS) is 12.3. The Kier molecular flexibility index (Phi) is 4.21. The van der Waals surface area contributed by atoms with Crippen LogP contribution in [0.4, 0.5) is 0 Å². The zero-order chi connectivity index (χ0) is 16.2. The summed E-state index contributed by atoms with van der Waals surface area (Å²) in [6.45, 7) is 0.238. The van der Waals surface area contributed by atoms with E-state index in [1.807, 2.05) is 30.3 Å². The van der Waals surface area contributed by atoms with E-state index in [1.54, 1.807) is 18.2 Å². The van der Waals surface area contributed by atoms with Gasteiger partial charge in [-0.25, -0.2) is 5.48 Å². The Labute approximate surface area is 133 Å². The molecule has 1 aliphatic rings. The Morgan fingerprint density at radius 2 is 1.87 bits per heavy atom. The van der Waals surface area contributed by atoms with Gasteiger partial charge in [-0.3, -0.25) is 15.4 Å². The molecule has 0 spiro atoms. The van der Waals surface area contributed by atoms with Crippen LogP contribution in [-0.4, -0.2) is 16.8 Å². The van der Waals surface area contributed by atoms with Crippen LogP contribution in [0.25, 0.3) is 5.57 Å². The Morgan fingerprint density at radius 1 is 1.17 bits per heavy atom. The number of hydroxylamine groups is 1. The maximum atomic E-state index is 11.5. The van der Waals surface area contributed by atoms with Crippen LogP contribution in [0, 0.1) is 5.41 Å². The monoisotopic (exact) mass is 308 g/mol. The highest BCUT2D eigenvalue weighted by Gasteiger charge is 2.17. The summed E-state index contributed by atoms with van der Waals surface area (Å²) in [7, 11) is 0. The van der Waals surface area contributed by atoms with E-state index in [4.69, 9.17) is 15.4 Å². The van der Waals surface area contributed by atoms with Crippen molar-refractivity contribution in [1.82, 2.24) is 5.48 Å². The Hall–Kier alpha value is -2.92. The van der Waals surface area contributed by atoms with Gasteiger partial charge in [-0.05, 0) is 23.6 Å². The van der Waals surface area contributed by atoms with Crippen molar-refractivity contribution < 1.29 is 14.7 Å². The molecule has 0 fully saturated rings. The van der Waals surface area contributed by atoms with Crippen molar-refractivity contribution in [2.75, 3.05) is 0 Å². The first-order valence-corrected chi connectivity index (χ1v) is 7.23. The lowest BCUT2D eigenvalue weighted by Gasteiger charge is -2.13. The van der Waals surface area contributed by atoms with Gasteiger partial charge < -0.3 is 4.74 Å². The number of hydrogen-bond acceptors (Lipinski definition) is 4. The van der Waals surface area contributed by atoms with Gasteiger partial charge in [0, 0.05) is 11.1 Å². The maximum absolute atomic E-state index is 11.5. The zero-order valence-corrected chi connectivity index (χ0v) is 12.4. The summed E-state index contributed by atoms with van der Waals surface area (Å²) in [5, 5.41) is 16.5. The molecule has 0 atom stereocenters. The zero-order valence-electron chi connectivity index (χ0n) is 12.4. The number of hydrogen-bond donors (Lipinski definition) is 3. The van der Waals surface area contributed by atoms with Gasteiger partial charge in [0.15, 0.2) is 0 Å². The predicted octanol–water partition coefficient (Wildman–Crippen LogP) is 2.93. The smallest absolute Gasteiger partial charge is 0.293 e. The quantitative estimate of drug-likeness (QED) is 0.436. The minimum Gasteiger partial charge on any atom is -0.488 e. The summed E-state index contributed by atoms with van der Waals surface area (Å²) in [5.41, 5.74) is 4.67. The number of allylic oxidation sites excluding steroid dienone is 2. The lowest BCUT2D eigenvalue weighted by atomic mass is 10.0. The molecule has 0 saturated heterocycles. The number of para-hydroxylation sites is 1. The minimum atomic E-state index is -0.846. The molecule has 5 nitrogen and oxygen atoms in total. The van der Waals surface area contributed by atoms with Gasteiger partial charge in [-0.1, -0.05) is 48.5 Å². The molecule has 0 aliphatic heterocycles. The van der Waals surface area contributed by atoms with Gasteiger partial charge in [-0.2, -0.15) is 0 Å². The number of benzene rings is 2. The Balaban J connectivity index is 1.80. The summed E-state index contributed by atoms with van der Waals surface area (Å²) in [6.07, 6.45) is 3.12. The highest BCUT2D eigenvalue weighted by Crippen LogP contribution is 2.36. The van der Waals surface area contributed by atoms with Gasteiger partial charge >= 0.3 is 0 Å². The summed E-state index contributed by atoms with van der Waals surface area (Å²) in [5.74, 6) is -0.0646. The van der Waals surface area contributed by atoms with Crippen LogP contribution in [0.2, 0.25) is 0 Å². The third kappa shape index (κ3) is 3.30. The number of nitrogens with one attached hydrogen (secondary N) is 2. The fourth-order valence-corrected chi connectivity index (χ4v) is 2.35. The second kappa shape index (κ2) is 6.46. The average Bonchev–Trinajstić information content (AvgIpc) is 3.44. The van der Waals surface area contributed by atoms with E-state index in [-0.39, 0.29) is 12.3 Å². The molecule has 1 amide bonds. The van der Waals surface area contributed by atoms with E-state index in [9.17, 15) is 4.79 Å². The Morgan fingerprint density at radius 3 is 2.61 bits per heavy atom. The number of rotatable bonds is 6. The third-order valence-corrected chi connectivity index (χ3v) is 3.64. The highest BCUT2D eigenvalue weighted by atomic mass is 16.5. The largest absolute Gasteiger partial charge is 0.488 e. The number of amides is 1. The molecule has 2 aromatic carbocycles. The molecular weight excluding hydrogens is 292 g/mol. The molecule has 0 aromatic heterocycles. The van der Waals surface area contributed by atoms with Crippen LogP contribution in [0.1, 0.15) is 23.1 Å². The van der Waals surface area contributed by atoms with Crippen LogP contribution in [0.5, 0.6) is 5.75 Å². The molecule has 0 heterocycles. The number of ether oxygens (including phenoxy) is 1. The van der Waals surface area contributed by atoms with E-state index >= 15 is 0 Å². The van der Waals surface area contributed by atoms with Crippen molar-refractivity contribution in [3.63, 3.8) is 0 Å². The van der Waals surface area contributed by atoms with Gasteiger partial charge in [0.1, 0.15) is 18.1 Å². The summed E-state index contributed by atoms with van der Waals surface area (Å²) in [4.78, 5) is 11.5. The molecule has 0 radical (unpaired) electrons. The van der Waals surface area contributed by atoms with E-state index in [1.165, 1.54) is 11.1 Å². The molecule has 2 aromatic rings. The van der Waals surface area contributed by atoms with Gasteiger partial charge in [-0.15, -0.1) is 0 Å². The predicted molar refractivity (Wildman–Crippen MR) is 86.6 cm³/mol. The van der Waals surface area contributed by atoms with Crippen LogP contribution >= 0.6 is 0 Å². The lowest BCUT2D eigenvalue weighted by Crippen LogP contribution is -2.29. The molecule has 0 unspecified atom stereocenters. The van der Waals surface area contributed by atoms with Crippen molar-refractivity contribution in [3.05, 3.63) is 71.3 Å². The summed E-state index contributed by atoms with van der Waals surface area (Å²) < 4.78 is 5.90. The second-order valence-electron chi connectivity index (χ2n) is 5.19. The van der Waals surface area contributed by atoms with Gasteiger partial charge in [0.05, 0.1) is 0 Å². The second-order valence-corrected chi connectivity index (χ2v) is 5.19. The molecule has 5 heteroatoms. The highest BCUT2D eigenvalue weighted by molar-refractivity contribution is 6.44. The van der Waals surface area contributed by atoms with Gasteiger partial charge in [0.25, 0.3) is 5.91 Å². The van der Waals surface area contributed by atoms with Gasteiger partial charge in [0.2, 0.25) is 0 Å². The topological polar surface area (TPSA) is 82.4 Å². The van der Waals surface area contributed by atoms with Crippen molar-refractivity contribution in [2.45, 2.75) is 13.0 Å². The fraction of sp³-hybridized carbons (Fsp3) is 0.111. The number of carbonyl (C=O) groups excluding carboxylic acids is 1. The first-order valence-electron chi connectivity index (χ1n) is 7.23. The van der Waals surface area contributed by atoms with Crippen molar-refractivity contribution in [3.8, 4) is 5.75 Å². The first kappa shape index (κ1) is 15.0. The van der Waals surface area contributed by atoms with Crippen molar-refractivity contribution >= 4 is 17.2 Å². The van der Waals surface area contributed by atoms with E-state index in [0.717, 1.165) is 17.7 Å². The van der Waals surface area contributed by atoms with Crippen molar-refractivity contribution in [1.29, 1.82) is 5.41 Å². The van der Waals surface area contributed by atoms with Crippen LogP contribution in [0.3, 0.4) is 0 Å². The van der Waals surface area contributed by atoms with E-state index in [2.05, 4.69) is 6.08 Å². The van der Waals surface area contributed by atoms with Crippen molar-refractivity contribution in [2.24, 2.45) is 0 Å². The molecule has 3 N–H and O–H groups in total. The number of carbonyl (C=O) groups is 1. The molecule has 116 valence electrons. The fourth-order valence-electron chi connectivity index (χ4n) is 2.35. The van der Waals surface area contributed by atoms with E-state index in [0.29, 0.717) is 11.1 Å². The lowest BCUT2D eigenvalue weighted by molar-refractivity contribution is -0.122. The molecular formula is C18H16N2O3. The molecule has 1 aliphatic carbocycles. The first-order chi connectivity index (χ1) is 11.2. The molecule has 0 bridgehead atoms. The average molecular weight is 308 g/mol. The molecule has 3 rings (SSSR count). The SMILES string of the molecule is N=C(C(=O)NO)c1ccccc1COc1ccccc1C1=CC1. The standard InChI is InChI=1S/C18H16N2O3/c19-17(18(21)20-22)15-7-2-1-5-13(15)11-23-16-8-4-3-6-14(16)12-9-10-12/h1-9,19,22H,10-11H2,(H,20,21). The minimum absolute atomic E-state index is 0.238. The summed E-state index contributed by atoms with van der Waals surface area (Å²) in [6, 6.07) is 14.8. The molecule has 23 heavy (non-hydrogen) atoms. The van der Waals surface area contributed by atoms with Crippen LogP contribution in [0.15, 0.2) is 54.6 Å².